The molecule has 0 spiro atoms. The molecule has 0 radical (unpaired) electrons. The number of nitrogens with one attached hydrogen (secondary N) is 1. The number of carbonyl (C=O) groups excluding carboxylic acids is 1. The molecule has 2 aromatic rings. The number of amides is 1. The normalized spacial score (nSPS) is 23.3. The molecule has 10 heteroatoms. The zero-order valence-electron chi connectivity index (χ0n) is 25.9. The second-order valence-electron chi connectivity index (χ2n) is 13.0. The lowest BCUT2D eigenvalue weighted by Gasteiger charge is -2.50. The standard InChI is InChI=1S/C34H42F2N6O2/c1-40(2)19-25-16-29(11-10-24(25)18-37)42-22-33(36,23-42)21-41-14-12-26(13-15-41)34(20-38,27-6-4-7-28(35)17-27)30-8-5-9-31(30)39-32(43)44-3/h4,6-7,10-11,16-17,26,30-31H,5,8-9,12-15,19,21-23H2,1-3H3,(H,39,43)/t30-,31-,34?/m0/s1. The Labute approximate surface area is 259 Å². The molecule has 2 heterocycles. The third-order valence-electron chi connectivity index (χ3n) is 9.82. The van der Waals surface area contributed by atoms with E-state index in [1.165, 1.54) is 19.2 Å². The summed E-state index contributed by atoms with van der Waals surface area (Å²) in [7, 11) is 5.24. The number of nitriles is 2. The Morgan fingerprint density at radius 2 is 1.89 bits per heavy atom. The molecule has 1 N–H and O–H groups in total. The molecule has 1 saturated carbocycles. The van der Waals surface area contributed by atoms with Crippen LogP contribution in [0.5, 0.6) is 0 Å². The Morgan fingerprint density at radius 3 is 2.52 bits per heavy atom. The predicted octanol–water partition coefficient (Wildman–Crippen LogP) is 4.99. The number of halogens is 2. The van der Waals surface area contributed by atoms with Crippen LogP contribution in [0.15, 0.2) is 42.5 Å². The van der Waals surface area contributed by atoms with E-state index >= 15 is 4.39 Å². The molecular weight excluding hydrogens is 562 g/mol. The van der Waals surface area contributed by atoms with E-state index in [0.29, 0.717) is 50.1 Å². The van der Waals surface area contributed by atoms with Gasteiger partial charge in [0.05, 0.1) is 43.3 Å². The van der Waals surface area contributed by atoms with Gasteiger partial charge in [-0.2, -0.15) is 10.5 Å². The maximum atomic E-state index is 16.0. The lowest BCUT2D eigenvalue weighted by atomic mass is 9.59. The molecular formula is C34H42F2N6O2. The summed E-state index contributed by atoms with van der Waals surface area (Å²) in [5.74, 6) is -0.652. The Balaban J connectivity index is 1.27. The zero-order valence-corrected chi connectivity index (χ0v) is 25.9. The Morgan fingerprint density at radius 1 is 1.14 bits per heavy atom. The van der Waals surface area contributed by atoms with E-state index in [-0.39, 0.29) is 36.8 Å². The van der Waals surface area contributed by atoms with Crippen molar-refractivity contribution in [3.63, 3.8) is 0 Å². The summed E-state index contributed by atoms with van der Waals surface area (Å²) in [6.45, 7) is 2.80. The number of likely N-dealkylation sites (tertiary alicyclic amines) is 1. The van der Waals surface area contributed by atoms with E-state index in [2.05, 4.69) is 22.4 Å². The van der Waals surface area contributed by atoms with Crippen LogP contribution in [-0.4, -0.2) is 81.5 Å². The van der Waals surface area contributed by atoms with Gasteiger partial charge in [-0.15, -0.1) is 0 Å². The van der Waals surface area contributed by atoms with Gasteiger partial charge >= 0.3 is 6.09 Å². The quantitative estimate of drug-likeness (QED) is 0.431. The molecule has 0 bridgehead atoms. The number of anilines is 1. The first-order valence-electron chi connectivity index (χ1n) is 15.5. The van der Waals surface area contributed by atoms with E-state index in [0.717, 1.165) is 30.5 Å². The van der Waals surface area contributed by atoms with Crippen LogP contribution in [0.1, 0.15) is 48.8 Å². The molecule has 3 aliphatic rings. The summed E-state index contributed by atoms with van der Waals surface area (Å²) >= 11 is 0. The lowest BCUT2D eigenvalue weighted by molar-refractivity contribution is 0.0352. The smallest absolute Gasteiger partial charge is 0.407 e. The summed E-state index contributed by atoms with van der Waals surface area (Å²) in [6, 6.07) is 16.7. The van der Waals surface area contributed by atoms with Crippen LogP contribution in [0.4, 0.5) is 19.3 Å². The molecule has 1 aliphatic carbocycles. The number of alkyl halides is 1. The first-order valence-corrected chi connectivity index (χ1v) is 15.5. The number of carbonyl (C=O) groups is 1. The van der Waals surface area contributed by atoms with E-state index in [1.807, 2.05) is 48.2 Å². The number of methoxy groups -OCH3 is 1. The summed E-state index contributed by atoms with van der Waals surface area (Å²) < 4.78 is 35.4. The van der Waals surface area contributed by atoms with Crippen molar-refractivity contribution in [2.24, 2.45) is 11.8 Å². The SMILES string of the molecule is COC(=O)N[C@H]1CCC[C@@H]1C(C#N)(c1cccc(F)c1)C1CCN(CC2(F)CN(c3ccc(C#N)c(CN(C)C)c3)C2)CC1. The minimum Gasteiger partial charge on any atom is -0.453 e. The summed E-state index contributed by atoms with van der Waals surface area (Å²) in [5, 5.41) is 23.3. The van der Waals surface area contributed by atoms with E-state index < -0.39 is 17.2 Å². The summed E-state index contributed by atoms with van der Waals surface area (Å²) in [6.07, 6.45) is 3.15. The van der Waals surface area contributed by atoms with Crippen molar-refractivity contribution in [3.8, 4) is 12.1 Å². The second-order valence-corrected chi connectivity index (χ2v) is 13.0. The van der Waals surface area contributed by atoms with Crippen molar-refractivity contribution in [1.82, 2.24) is 15.1 Å². The van der Waals surface area contributed by atoms with E-state index in [4.69, 9.17) is 4.74 Å². The van der Waals surface area contributed by atoms with E-state index in [1.54, 1.807) is 6.07 Å². The first-order chi connectivity index (χ1) is 21.1. The average Bonchev–Trinajstić information content (AvgIpc) is 3.45. The van der Waals surface area contributed by atoms with Crippen molar-refractivity contribution >= 4 is 11.8 Å². The zero-order chi connectivity index (χ0) is 31.5. The topological polar surface area (TPSA) is 95.6 Å². The third kappa shape index (κ3) is 6.38. The van der Waals surface area contributed by atoms with Gasteiger partial charge < -0.3 is 19.9 Å². The molecule has 8 nitrogen and oxygen atoms in total. The van der Waals surface area contributed by atoms with E-state index in [9.17, 15) is 19.7 Å². The molecule has 3 fully saturated rings. The summed E-state index contributed by atoms with van der Waals surface area (Å²) in [4.78, 5) is 18.4. The van der Waals surface area contributed by atoms with Crippen LogP contribution < -0.4 is 10.2 Å². The number of hydrogen-bond donors (Lipinski definition) is 1. The number of nitrogens with zero attached hydrogens (tertiary/aromatic N) is 5. The van der Waals surface area contributed by atoms with Crippen LogP contribution in [-0.2, 0) is 16.7 Å². The molecule has 3 atom stereocenters. The van der Waals surface area contributed by atoms with Crippen molar-refractivity contribution in [1.29, 1.82) is 10.5 Å². The number of piperidine rings is 1. The Kier molecular flexibility index (Phi) is 9.43. The van der Waals surface area contributed by atoms with Crippen molar-refractivity contribution < 1.29 is 18.3 Å². The third-order valence-corrected chi connectivity index (χ3v) is 9.82. The second kappa shape index (κ2) is 13.1. The van der Waals surface area contributed by atoms with Gasteiger partial charge in [-0.05, 0) is 100 Å². The summed E-state index contributed by atoms with van der Waals surface area (Å²) in [5.41, 5.74) is 0.797. The highest BCUT2D eigenvalue weighted by Crippen LogP contribution is 2.50. The van der Waals surface area contributed by atoms with Gasteiger partial charge in [-0.1, -0.05) is 18.6 Å². The fraction of sp³-hybridized carbons (Fsp3) is 0.559. The predicted molar refractivity (Wildman–Crippen MR) is 164 cm³/mol. The maximum absolute atomic E-state index is 16.0. The van der Waals surface area contributed by atoms with Crippen LogP contribution in [0.2, 0.25) is 0 Å². The van der Waals surface area contributed by atoms with Gasteiger partial charge in [0.25, 0.3) is 0 Å². The van der Waals surface area contributed by atoms with Gasteiger partial charge in [-0.3, -0.25) is 4.90 Å². The molecule has 5 rings (SSSR count). The molecule has 1 unspecified atom stereocenters. The number of benzene rings is 2. The molecule has 44 heavy (non-hydrogen) atoms. The minimum absolute atomic E-state index is 0.0715. The largest absolute Gasteiger partial charge is 0.453 e. The number of alkyl carbamates (subject to hydrolysis) is 1. The highest BCUT2D eigenvalue weighted by Gasteiger charge is 2.53. The average molecular weight is 605 g/mol. The molecule has 1 amide bonds. The monoisotopic (exact) mass is 604 g/mol. The van der Waals surface area contributed by atoms with Crippen LogP contribution in [0, 0.1) is 40.3 Å². The molecule has 2 aliphatic heterocycles. The van der Waals surface area contributed by atoms with Crippen molar-refractivity contribution in [2.75, 3.05) is 58.8 Å². The molecule has 2 aromatic carbocycles. The van der Waals surface area contributed by atoms with Crippen molar-refractivity contribution in [3.05, 3.63) is 65.0 Å². The fourth-order valence-electron chi connectivity index (χ4n) is 7.85. The van der Waals surface area contributed by atoms with Gasteiger partial charge in [0.2, 0.25) is 0 Å². The highest BCUT2D eigenvalue weighted by molar-refractivity contribution is 5.67. The molecule has 2 saturated heterocycles. The van der Waals surface area contributed by atoms with Gasteiger partial charge in [0.1, 0.15) is 5.82 Å². The number of rotatable bonds is 9. The number of ether oxygens (including phenoxy) is 1. The Bertz CT molecular complexity index is 1420. The van der Waals surface area contributed by atoms with Crippen LogP contribution in [0.25, 0.3) is 0 Å². The minimum atomic E-state index is -1.35. The number of hydrogen-bond acceptors (Lipinski definition) is 7. The Hall–Kier alpha value is -3.73. The maximum Gasteiger partial charge on any atom is 0.407 e. The van der Waals surface area contributed by atoms with Gasteiger partial charge in [0, 0.05) is 30.7 Å². The fourth-order valence-corrected chi connectivity index (χ4v) is 7.85. The van der Waals surface area contributed by atoms with Crippen LogP contribution >= 0.6 is 0 Å². The van der Waals surface area contributed by atoms with Crippen LogP contribution in [0.3, 0.4) is 0 Å². The first kappa shape index (κ1) is 31.7. The molecule has 0 aromatic heterocycles. The molecule has 234 valence electrons. The van der Waals surface area contributed by atoms with Gasteiger partial charge in [-0.25, -0.2) is 13.6 Å². The highest BCUT2D eigenvalue weighted by atomic mass is 19.1. The lowest BCUT2D eigenvalue weighted by Crippen LogP contribution is -2.64. The van der Waals surface area contributed by atoms with Gasteiger partial charge in [0.15, 0.2) is 5.67 Å². The van der Waals surface area contributed by atoms with Crippen molar-refractivity contribution in [2.45, 2.75) is 55.8 Å².